The van der Waals surface area contributed by atoms with Gasteiger partial charge in [0.05, 0.1) is 0 Å². The maximum Gasteiger partial charge on any atom is 0.134 e. The zero-order chi connectivity index (χ0) is 14.1. The fourth-order valence-electron chi connectivity index (χ4n) is 2.33. The highest BCUT2D eigenvalue weighted by Gasteiger charge is 2.10. The minimum atomic E-state index is -0.191. The summed E-state index contributed by atoms with van der Waals surface area (Å²) in [5.74, 6) is 0.704. The Morgan fingerprint density at radius 2 is 1.90 bits per heavy atom. The van der Waals surface area contributed by atoms with Gasteiger partial charge in [-0.2, -0.15) is 0 Å². The number of rotatable bonds is 3. The topological polar surface area (TPSA) is 25.2 Å². The first kappa shape index (κ1) is 12.7. The number of halogens is 1. The lowest BCUT2D eigenvalue weighted by atomic mass is 10.1. The number of hydrogen-bond donors (Lipinski definition) is 1. The summed E-state index contributed by atoms with van der Waals surface area (Å²) in [5.41, 5.74) is 3.43. The fraction of sp³-hybridized carbons (Fsp3) is 0.176. The summed E-state index contributed by atoms with van der Waals surface area (Å²) in [6.45, 7) is 4.32. The van der Waals surface area contributed by atoms with E-state index in [1.54, 1.807) is 13.0 Å². The summed E-state index contributed by atoms with van der Waals surface area (Å²) < 4.78 is 19.2. The smallest absolute Gasteiger partial charge is 0.134 e. The molecule has 0 aliphatic heterocycles. The summed E-state index contributed by atoms with van der Waals surface area (Å²) in [7, 11) is 0. The SMILES string of the molecule is Cc1ccc(NCc2c(C)oc3ccccc23)cc1F. The molecule has 0 saturated carbocycles. The van der Waals surface area contributed by atoms with Crippen molar-refractivity contribution in [3.8, 4) is 0 Å². The molecule has 1 N–H and O–H groups in total. The van der Waals surface area contributed by atoms with E-state index in [1.165, 1.54) is 6.07 Å². The van der Waals surface area contributed by atoms with Crippen molar-refractivity contribution in [2.45, 2.75) is 20.4 Å². The van der Waals surface area contributed by atoms with Crippen molar-refractivity contribution < 1.29 is 8.81 Å². The van der Waals surface area contributed by atoms with Gasteiger partial charge in [-0.25, -0.2) is 4.39 Å². The third-order valence-corrected chi connectivity index (χ3v) is 3.54. The van der Waals surface area contributed by atoms with Gasteiger partial charge >= 0.3 is 0 Å². The molecule has 2 aromatic carbocycles. The van der Waals surface area contributed by atoms with E-state index in [-0.39, 0.29) is 5.82 Å². The summed E-state index contributed by atoms with van der Waals surface area (Å²) >= 11 is 0. The number of aryl methyl sites for hydroxylation is 2. The van der Waals surface area contributed by atoms with Crippen molar-refractivity contribution >= 4 is 16.7 Å². The number of para-hydroxylation sites is 1. The maximum absolute atomic E-state index is 13.5. The lowest BCUT2D eigenvalue weighted by molar-refractivity contribution is 0.573. The molecule has 20 heavy (non-hydrogen) atoms. The summed E-state index contributed by atoms with van der Waals surface area (Å²) in [6.07, 6.45) is 0. The molecule has 0 spiro atoms. The van der Waals surface area contributed by atoms with Gasteiger partial charge in [0.25, 0.3) is 0 Å². The van der Waals surface area contributed by atoms with Crippen LogP contribution in [0.5, 0.6) is 0 Å². The summed E-state index contributed by atoms with van der Waals surface area (Å²) in [6, 6.07) is 13.1. The van der Waals surface area contributed by atoms with Gasteiger partial charge in [0, 0.05) is 23.2 Å². The molecule has 0 unspecified atom stereocenters. The number of benzene rings is 2. The molecule has 0 radical (unpaired) electrons. The summed E-state index contributed by atoms with van der Waals surface area (Å²) in [5, 5.41) is 4.35. The third-order valence-electron chi connectivity index (χ3n) is 3.54. The van der Waals surface area contributed by atoms with Crippen LogP contribution >= 0.6 is 0 Å². The predicted molar refractivity (Wildman–Crippen MR) is 79.4 cm³/mol. The van der Waals surface area contributed by atoms with Gasteiger partial charge in [-0.1, -0.05) is 24.3 Å². The van der Waals surface area contributed by atoms with Gasteiger partial charge in [-0.15, -0.1) is 0 Å². The Bertz CT molecular complexity index is 761. The molecule has 0 atom stereocenters. The molecule has 3 aromatic rings. The first-order valence-electron chi connectivity index (χ1n) is 6.62. The lowest BCUT2D eigenvalue weighted by Gasteiger charge is -2.07. The standard InChI is InChI=1S/C17H16FNO/c1-11-7-8-13(9-16(11)18)19-10-15-12(2)20-17-6-4-3-5-14(15)17/h3-9,19H,10H2,1-2H3. The molecule has 0 aliphatic carbocycles. The normalized spacial score (nSPS) is 10.9. The monoisotopic (exact) mass is 269 g/mol. The molecule has 0 fully saturated rings. The first-order chi connectivity index (χ1) is 9.65. The highest BCUT2D eigenvalue weighted by molar-refractivity contribution is 5.82. The van der Waals surface area contributed by atoms with Crippen LogP contribution in [0, 0.1) is 19.7 Å². The maximum atomic E-state index is 13.5. The minimum absolute atomic E-state index is 0.191. The molecule has 0 saturated heterocycles. The van der Waals surface area contributed by atoms with Crippen molar-refractivity contribution in [1.82, 2.24) is 0 Å². The first-order valence-corrected chi connectivity index (χ1v) is 6.62. The van der Waals surface area contributed by atoms with Crippen molar-refractivity contribution in [3.63, 3.8) is 0 Å². The fourth-order valence-corrected chi connectivity index (χ4v) is 2.33. The second-order valence-corrected chi connectivity index (χ2v) is 4.95. The van der Waals surface area contributed by atoms with Crippen LogP contribution in [0.2, 0.25) is 0 Å². The Labute approximate surface area is 117 Å². The van der Waals surface area contributed by atoms with E-state index in [0.29, 0.717) is 12.1 Å². The number of hydrogen-bond acceptors (Lipinski definition) is 2. The molecule has 2 nitrogen and oxygen atoms in total. The van der Waals surface area contributed by atoms with Crippen LogP contribution in [0.1, 0.15) is 16.9 Å². The quantitative estimate of drug-likeness (QED) is 0.738. The van der Waals surface area contributed by atoms with Gasteiger partial charge in [-0.3, -0.25) is 0 Å². The average molecular weight is 269 g/mol. The minimum Gasteiger partial charge on any atom is -0.461 e. The van der Waals surface area contributed by atoms with Crippen molar-refractivity contribution in [1.29, 1.82) is 0 Å². The molecule has 0 bridgehead atoms. The summed E-state index contributed by atoms with van der Waals surface area (Å²) in [4.78, 5) is 0. The van der Waals surface area contributed by atoms with Crippen LogP contribution in [0.25, 0.3) is 11.0 Å². The molecular weight excluding hydrogens is 253 g/mol. The van der Waals surface area contributed by atoms with E-state index in [4.69, 9.17) is 4.42 Å². The largest absolute Gasteiger partial charge is 0.461 e. The molecular formula is C17H16FNO. The number of anilines is 1. The molecule has 102 valence electrons. The van der Waals surface area contributed by atoms with Gasteiger partial charge in [-0.05, 0) is 37.6 Å². The Balaban J connectivity index is 1.86. The van der Waals surface area contributed by atoms with Gasteiger partial charge in [0.1, 0.15) is 17.2 Å². The second kappa shape index (κ2) is 5.00. The van der Waals surface area contributed by atoms with Crippen molar-refractivity contribution in [2.75, 3.05) is 5.32 Å². The van der Waals surface area contributed by atoms with Crippen LogP contribution in [0.3, 0.4) is 0 Å². The van der Waals surface area contributed by atoms with Crippen LogP contribution in [-0.2, 0) is 6.54 Å². The van der Waals surface area contributed by atoms with E-state index in [2.05, 4.69) is 5.32 Å². The van der Waals surface area contributed by atoms with Gasteiger partial charge in [0.2, 0.25) is 0 Å². The molecule has 3 rings (SSSR count). The molecule has 3 heteroatoms. The lowest BCUT2D eigenvalue weighted by Crippen LogP contribution is -2.00. The van der Waals surface area contributed by atoms with E-state index in [9.17, 15) is 4.39 Å². The Morgan fingerprint density at radius 3 is 2.70 bits per heavy atom. The van der Waals surface area contributed by atoms with Gasteiger partial charge in [0.15, 0.2) is 0 Å². The average Bonchev–Trinajstić information content (AvgIpc) is 2.76. The predicted octanol–water partition coefficient (Wildman–Crippen LogP) is 4.80. The zero-order valence-electron chi connectivity index (χ0n) is 11.5. The van der Waals surface area contributed by atoms with E-state index < -0.39 is 0 Å². The molecule has 1 heterocycles. The molecule has 0 amide bonds. The van der Waals surface area contributed by atoms with E-state index in [1.807, 2.05) is 37.3 Å². The highest BCUT2D eigenvalue weighted by atomic mass is 19.1. The van der Waals surface area contributed by atoms with Crippen LogP contribution in [0.4, 0.5) is 10.1 Å². The van der Waals surface area contributed by atoms with E-state index in [0.717, 1.165) is 28.0 Å². The highest BCUT2D eigenvalue weighted by Crippen LogP contribution is 2.26. The Kier molecular flexibility index (Phi) is 3.18. The molecule has 1 aromatic heterocycles. The molecule has 0 aliphatic rings. The zero-order valence-corrected chi connectivity index (χ0v) is 11.5. The number of furan rings is 1. The second-order valence-electron chi connectivity index (χ2n) is 4.95. The van der Waals surface area contributed by atoms with Crippen LogP contribution < -0.4 is 5.32 Å². The van der Waals surface area contributed by atoms with E-state index >= 15 is 0 Å². The number of fused-ring (bicyclic) bond motifs is 1. The van der Waals surface area contributed by atoms with Crippen LogP contribution in [-0.4, -0.2) is 0 Å². The third kappa shape index (κ3) is 2.27. The van der Waals surface area contributed by atoms with Gasteiger partial charge < -0.3 is 9.73 Å². The van der Waals surface area contributed by atoms with Crippen LogP contribution in [0.15, 0.2) is 46.9 Å². The Hall–Kier alpha value is -2.29. The Morgan fingerprint density at radius 1 is 1.10 bits per heavy atom. The van der Waals surface area contributed by atoms with Crippen molar-refractivity contribution in [2.24, 2.45) is 0 Å². The van der Waals surface area contributed by atoms with Crippen molar-refractivity contribution in [3.05, 3.63) is 65.2 Å². The number of nitrogens with one attached hydrogen (secondary N) is 1.